The first-order valence-electron chi connectivity index (χ1n) is 11.2. The van der Waals surface area contributed by atoms with Crippen molar-refractivity contribution < 1.29 is 43.9 Å². The number of carbonyl (C=O) groups excluding carboxylic acids is 3. The first-order chi connectivity index (χ1) is 17.8. The first-order valence-corrected chi connectivity index (χ1v) is 11.2. The number of phenolic OH excluding ortho intramolecular Hbond substituents is 3. The standard InChI is InChI=1S/C29H26O9/c1-13(2)27(33)36-24-20(21-18-11-9-8-10-17(18)12-19(30)23(21)32)16(7)22(31)25(37-28(34)14(3)4)26(24)38-29(35)15(5)6/h8-12,30-32H,1,3,5H2,2,4,6-7H3. The van der Waals surface area contributed by atoms with Crippen LogP contribution < -0.4 is 14.2 Å². The summed E-state index contributed by atoms with van der Waals surface area (Å²) in [6.45, 7) is 16.1. The van der Waals surface area contributed by atoms with Crippen LogP contribution in [0.4, 0.5) is 0 Å². The van der Waals surface area contributed by atoms with Crippen LogP contribution in [0.3, 0.4) is 0 Å². The lowest BCUT2D eigenvalue weighted by molar-refractivity contribution is -0.133. The molecule has 0 amide bonds. The van der Waals surface area contributed by atoms with Gasteiger partial charge in [0, 0.05) is 33.4 Å². The van der Waals surface area contributed by atoms with E-state index in [1.807, 2.05) is 0 Å². The summed E-state index contributed by atoms with van der Waals surface area (Å²) < 4.78 is 16.3. The summed E-state index contributed by atoms with van der Waals surface area (Å²) in [6.07, 6.45) is 0. The summed E-state index contributed by atoms with van der Waals surface area (Å²) in [5.74, 6) is -6.47. The van der Waals surface area contributed by atoms with Gasteiger partial charge in [-0.1, -0.05) is 44.0 Å². The summed E-state index contributed by atoms with van der Waals surface area (Å²) in [5.41, 5.74) is -0.360. The fraction of sp³-hybridized carbons (Fsp3) is 0.138. The summed E-state index contributed by atoms with van der Waals surface area (Å²) in [7, 11) is 0. The van der Waals surface area contributed by atoms with E-state index in [0.717, 1.165) is 0 Å². The van der Waals surface area contributed by atoms with Crippen LogP contribution in [0.5, 0.6) is 34.5 Å². The Balaban J connectivity index is 2.58. The van der Waals surface area contributed by atoms with Crippen molar-refractivity contribution in [3.63, 3.8) is 0 Å². The van der Waals surface area contributed by atoms with Crippen molar-refractivity contribution in [2.45, 2.75) is 27.7 Å². The highest BCUT2D eigenvalue weighted by molar-refractivity contribution is 6.06. The molecule has 0 aliphatic heterocycles. The Hall–Kier alpha value is -5.05. The SMILES string of the molecule is C=C(C)C(=O)Oc1c(O)c(C)c(-c2c(O)c(O)cc3ccccc23)c(OC(=O)C(=C)C)c1OC(=O)C(=C)C. The van der Waals surface area contributed by atoms with Crippen LogP contribution in [0.2, 0.25) is 0 Å². The molecule has 0 heterocycles. The van der Waals surface area contributed by atoms with Gasteiger partial charge in [0.2, 0.25) is 11.5 Å². The number of esters is 3. The Morgan fingerprint density at radius 1 is 0.684 bits per heavy atom. The van der Waals surface area contributed by atoms with E-state index in [9.17, 15) is 29.7 Å². The predicted octanol–water partition coefficient (Wildman–Crippen LogP) is 5.38. The van der Waals surface area contributed by atoms with Crippen molar-refractivity contribution in [3.8, 4) is 45.6 Å². The molecule has 196 valence electrons. The molecule has 3 aromatic carbocycles. The van der Waals surface area contributed by atoms with Gasteiger partial charge >= 0.3 is 17.9 Å². The molecule has 0 bridgehead atoms. The van der Waals surface area contributed by atoms with Gasteiger partial charge in [-0.15, -0.1) is 0 Å². The molecule has 3 aromatic rings. The van der Waals surface area contributed by atoms with Crippen LogP contribution >= 0.6 is 0 Å². The average molecular weight is 519 g/mol. The molecular weight excluding hydrogens is 492 g/mol. The lowest BCUT2D eigenvalue weighted by Crippen LogP contribution is -2.17. The van der Waals surface area contributed by atoms with Gasteiger partial charge in [-0.3, -0.25) is 0 Å². The minimum absolute atomic E-state index is 0.0377. The minimum atomic E-state index is -0.996. The molecule has 9 heteroatoms. The number of carbonyl (C=O) groups is 3. The Morgan fingerprint density at radius 3 is 1.68 bits per heavy atom. The van der Waals surface area contributed by atoms with Gasteiger partial charge in [0.05, 0.1) is 0 Å². The van der Waals surface area contributed by atoms with Crippen molar-refractivity contribution in [1.29, 1.82) is 0 Å². The minimum Gasteiger partial charge on any atom is -0.504 e. The molecule has 9 nitrogen and oxygen atoms in total. The third kappa shape index (κ3) is 5.08. The van der Waals surface area contributed by atoms with Gasteiger partial charge in [-0.2, -0.15) is 0 Å². The molecule has 0 aliphatic rings. The molecule has 3 rings (SSSR count). The van der Waals surface area contributed by atoms with Crippen LogP contribution in [-0.2, 0) is 14.4 Å². The van der Waals surface area contributed by atoms with Crippen molar-refractivity contribution >= 4 is 28.7 Å². The molecule has 0 fully saturated rings. The maximum Gasteiger partial charge on any atom is 0.338 e. The molecule has 3 N–H and O–H groups in total. The van der Waals surface area contributed by atoms with Crippen molar-refractivity contribution in [2.75, 3.05) is 0 Å². The Kier molecular flexibility index (Phi) is 7.62. The van der Waals surface area contributed by atoms with Crippen LogP contribution in [0, 0.1) is 6.92 Å². The van der Waals surface area contributed by atoms with Crippen molar-refractivity contribution in [2.24, 2.45) is 0 Å². The highest BCUT2D eigenvalue weighted by Gasteiger charge is 2.33. The van der Waals surface area contributed by atoms with Gasteiger partial charge < -0.3 is 29.5 Å². The van der Waals surface area contributed by atoms with E-state index < -0.39 is 52.4 Å². The second-order valence-corrected chi connectivity index (χ2v) is 8.69. The molecule has 38 heavy (non-hydrogen) atoms. The van der Waals surface area contributed by atoms with Gasteiger partial charge in [0.1, 0.15) is 0 Å². The van der Waals surface area contributed by atoms with Gasteiger partial charge in [-0.25, -0.2) is 14.4 Å². The average Bonchev–Trinajstić information content (AvgIpc) is 2.85. The number of aromatic hydroxyl groups is 3. The van der Waals surface area contributed by atoms with E-state index in [1.54, 1.807) is 24.3 Å². The third-order valence-corrected chi connectivity index (χ3v) is 5.47. The number of phenols is 3. The largest absolute Gasteiger partial charge is 0.504 e. The topological polar surface area (TPSA) is 140 Å². The summed E-state index contributed by atoms with van der Waals surface area (Å²) in [4.78, 5) is 37.8. The molecule has 0 radical (unpaired) electrons. The zero-order chi connectivity index (χ0) is 28.5. The summed E-state index contributed by atoms with van der Waals surface area (Å²) in [5, 5.41) is 33.5. The first kappa shape index (κ1) is 27.5. The van der Waals surface area contributed by atoms with E-state index in [0.29, 0.717) is 10.8 Å². The predicted molar refractivity (Wildman–Crippen MR) is 140 cm³/mol. The molecular formula is C29H26O9. The summed E-state index contributed by atoms with van der Waals surface area (Å²) >= 11 is 0. The van der Waals surface area contributed by atoms with Gasteiger partial charge in [0.15, 0.2) is 23.0 Å². The molecule has 0 aliphatic carbocycles. The number of benzene rings is 3. The van der Waals surface area contributed by atoms with Crippen LogP contribution in [0.1, 0.15) is 26.3 Å². The Morgan fingerprint density at radius 2 is 1.16 bits per heavy atom. The zero-order valence-electron chi connectivity index (χ0n) is 21.3. The van der Waals surface area contributed by atoms with E-state index >= 15 is 0 Å². The second kappa shape index (κ2) is 10.5. The normalized spacial score (nSPS) is 10.5. The van der Waals surface area contributed by atoms with E-state index in [1.165, 1.54) is 33.8 Å². The molecule has 0 atom stereocenters. The maximum absolute atomic E-state index is 12.7. The Labute approximate surface area is 218 Å². The van der Waals surface area contributed by atoms with E-state index in [2.05, 4.69) is 19.7 Å². The van der Waals surface area contributed by atoms with E-state index in [4.69, 9.17) is 14.2 Å². The lowest BCUT2D eigenvalue weighted by Gasteiger charge is -2.23. The van der Waals surface area contributed by atoms with Crippen LogP contribution in [0.15, 0.2) is 66.8 Å². The fourth-order valence-corrected chi connectivity index (χ4v) is 3.48. The molecule has 0 saturated carbocycles. The van der Waals surface area contributed by atoms with Crippen LogP contribution in [-0.4, -0.2) is 33.2 Å². The fourth-order valence-electron chi connectivity index (χ4n) is 3.48. The highest BCUT2D eigenvalue weighted by Crippen LogP contribution is 2.57. The number of ether oxygens (including phenoxy) is 3. The second-order valence-electron chi connectivity index (χ2n) is 8.69. The third-order valence-electron chi connectivity index (χ3n) is 5.47. The number of rotatable bonds is 7. The van der Waals surface area contributed by atoms with Crippen molar-refractivity contribution in [3.05, 3.63) is 72.4 Å². The quantitative estimate of drug-likeness (QED) is 0.163. The van der Waals surface area contributed by atoms with Gasteiger partial charge in [0.25, 0.3) is 0 Å². The smallest absolute Gasteiger partial charge is 0.338 e. The van der Waals surface area contributed by atoms with Crippen LogP contribution in [0.25, 0.3) is 21.9 Å². The lowest BCUT2D eigenvalue weighted by atomic mass is 9.91. The molecule has 0 saturated heterocycles. The van der Waals surface area contributed by atoms with E-state index in [-0.39, 0.29) is 33.4 Å². The molecule has 0 aromatic heterocycles. The monoisotopic (exact) mass is 518 g/mol. The van der Waals surface area contributed by atoms with Crippen molar-refractivity contribution in [1.82, 2.24) is 0 Å². The number of hydrogen-bond donors (Lipinski definition) is 3. The number of fused-ring (bicyclic) bond motifs is 1. The zero-order valence-corrected chi connectivity index (χ0v) is 21.3. The number of hydrogen-bond acceptors (Lipinski definition) is 9. The molecule has 0 spiro atoms. The van der Waals surface area contributed by atoms with Gasteiger partial charge in [-0.05, 0) is 44.5 Å². The molecule has 0 unspecified atom stereocenters. The maximum atomic E-state index is 12.7. The Bertz CT molecular complexity index is 1560. The summed E-state index contributed by atoms with van der Waals surface area (Å²) in [6, 6.07) is 7.99. The highest BCUT2D eigenvalue weighted by atomic mass is 16.6.